The quantitative estimate of drug-likeness (QED) is 0.0518. The van der Waals surface area contributed by atoms with Crippen LogP contribution < -0.4 is 14.9 Å². The number of rotatable bonds is 17. The molecule has 5 aromatic carbocycles. The molecule has 1 aliphatic rings. The minimum Gasteiger partial charge on any atom is -0.378 e. The van der Waals surface area contributed by atoms with Crippen LogP contribution in [-0.4, -0.2) is 86.4 Å². The second-order valence-electron chi connectivity index (χ2n) is 15.1. The average molecular weight is 832 g/mol. The van der Waals surface area contributed by atoms with E-state index in [0.29, 0.717) is 16.7 Å². The Bertz CT molecular complexity index is 2480. The molecular formula is C45H49N7O5S2. The Balaban J connectivity index is 1.05. The number of methoxy groups -OCH3 is 1. The molecular weight excluding hydrogens is 783 g/mol. The first-order valence-electron chi connectivity index (χ1n) is 19.6. The maximum absolute atomic E-state index is 13.8. The summed E-state index contributed by atoms with van der Waals surface area (Å²) < 4.78 is 36.4. The van der Waals surface area contributed by atoms with E-state index in [0.717, 1.165) is 62.0 Å². The number of ether oxygens (including phenoxy) is 1. The van der Waals surface area contributed by atoms with Crippen LogP contribution in [0.2, 0.25) is 0 Å². The molecule has 0 saturated carbocycles. The predicted octanol–water partition coefficient (Wildman–Crippen LogP) is 8.76. The Labute approximate surface area is 350 Å². The van der Waals surface area contributed by atoms with Crippen molar-refractivity contribution in [1.82, 2.24) is 14.9 Å². The van der Waals surface area contributed by atoms with Gasteiger partial charge < -0.3 is 19.9 Å². The van der Waals surface area contributed by atoms with E-state index in [9.17, 15) is 18.5 Å². The van der Waals surface area contributed by atoms with Crippen LogP contribution in [0.25, 0.3) is 22.0 Å². The Kier molecular flexibility index (Phi) is 13.1. The van der Waals surface area contributed by atoms with Gasteiger partial charge in [-0.25, -0.2) is 18.4 Å². The number of sulfonamides is 1. The standard InChI is InChI=1S/C45H49N7O5S2/c1-50(2)25-22-35(31-58-37-15-8-5-9-16-37)48-41-21-19-38(29-43(41)52(53)54)59(55,56)49-44-40-20-18-36(28-42(40)46-32-47-44)51-26-23-45(57-3,24-27-51)30-34-14-10-11-17-39(34)33-12-6-4-7-13-33/h4-21,28-29,32,35,48H,22-27,30-31H2,1-3H3,(H,46,47,49)/t35-/m1/s1. The topological polar surface area (TPSA) is 143 Å². The largest absolute Gasteiger partial charge is 0.378 e. The summed E-state index contributed by atoms with van der Waals surface area (Å²) in [5.41, 5.74) is 4.80. The van der Waals surface area contributed by atoms with E-state index in [1.165, 1.54) is 35.2 Å². The van der Waals surface area contributed by atoms with Crippen molar-refractivity contribution in [2.45, 2.75) is 47.1 Å². The highest BCUT2D eigenvalue weighted by atomic mass is 32.2. The third-order valence-corrected chi connectivity index (χ3v) is 13.4. The highest BCUT2D eigenvalue weighted by molar-refractivity contribution is 7.99. The normalized spacial score (nSPS) is 14.6. The van der Waals surface area contributed by atoms with Crippen LogP contribution in [0.1, 0.15) is 24.8 Å². The summed E-state index contributed by atoms with van der Waals surface area (Å²) in [6, 6.07) is 38.4. The van der Waals surface area contributed by atoms with Gasteiger partial charge in [-0.3, -0.25) is 14.8 Å². The van der Waals surface area contributed by atoms with Crippen LogP contribution >= 0.6 is 11.8 Å². The van der Waals surface area contributed by atoms with Gasteiger partial charge in [0.15, 0.2) is 5.82 Å². The summed E-state index contributed by atoms with van der Waals surface area (Å²) >= 11 is 1.66. The molecule has 14 heteroatoms. The number of hydrogen-bond donors (Lipinski definition) is 2. The second-order valence-corrected chi connectivity index (χ2v) is 17.9. The number of piperidine rings is 1. The van der Waals surface area contributed by atoms with E-state index < -0.39 is 14.9 Å². The second kappa shape index (κ2) is 18.6. The van der Waals surface area contributed by atoms with Crippen molar-refractivity contribution in [1.29, 1.82) is 0 Å². The van der Waals surface area contributed by atoms with Crippen LogP contribution in [-0.2, 0) is 21.2 Å². The van der Waals surface area contributed by atoms with E-state index in [2.05, 4.69) is 78.3 Å². The van der Waals surface area contributed by atoms with Crippen molar-refractivity contribution >= 4 is 55.6 Å². The Morgan fingerprint density at radius 2 is 1.63 bits per heavy atom. The first-order valence-corrected chi connectivity index (χ1v) is 22.1. The van der Waals surface area contributed by atoms with Gasteiger partial charge in [0.1, 0.15) is 12.0 Å². The molecule has 12 nitrogen and oxygen atoms in total. The zero-order valence-electron chi connectivity index (χ0n) is 33.5. The summed E-state index contributed by atoms with van der Waals surface area (Å²) in [6.45, 7) is 2.30. The van der Waals surface area contributed by atoms with Crippen LogP contribution in [0, 0.1) is 10.1 Å². The molecule has 0 bridgehead atoms. The molecule has 1 saturated heterocycles. The van der Waals surface area contributed by atoms with Gasteiger partial charge in [0.2, 0.25) is 0 Å². The summed E-state index contributed by atoms with van der Waals surface area (Å²) in [5.74, 6) is 0.747. The third-order valence-electron chi connectivity index (χ3n) is 10.9. The monoisotopic (exact) mass is 831 g/mol. The molecule has 0 radical (unpaired) electrons. The Hall–Kier alpha value is -5.54. The fourth-order valence-electron chi connectivity index (χ4n) is 7.55. The maximum Gasteiger partial charge on any atom is 0.293 e. The lowest BCUT2D eigenvalue weighted by Gasteiger charge is -2.42. The number of aromatic nitrogens is 2. The number of benzene rings is 5. The van der Waals surface area contributed by atoms with Crippen LogP contribution in [0.15, 0.2) is 137 Å². The Morgan fingerprint density at radius 3 is 2.34 bits per heavy atom. The smallest absolute Gasteiger partial charge is 0.293 e. The Morgan fingerprint density at radius 1 is 0.915 bits per heavy atom. The molecule has 7 rings (SSSR count). The lowest BCUT2D eigenvalue weighted by atomic mass is 9.82. The summed E-state index contributed by atoms with van der Waals surface area (Å²) in [5, 5.41) is 16.2. The van der Waals surface area contributed by atoms with Crippen molar-refractivity contribution in [2.24, 2.45) is 0 Å². The molecule has 0 amide bonds. The van der Waals surface area contributed by atoms with Gasteiger partial charge >= 0.3 is 0 Å². The van der Waals surface area contributed by atoms with E-state index in [4.69, 9.17) is 4.74 Å². The predicted molar refractivity (Wildman–Crippen MR) is 238 cm³/mol. The molecule has 0 aliphatic carbocycles. The number of nitro groups is 1. The highest BCUT2D eigenvalue weighted by Gasteiger charge is 2.36. The molecule has 2 N–H and O–H groups in total. The number of nitrogens with one attached hydrogen (secondary N) is 2. The number of anilines is 3. The minimum absolute atomic E-state index is 0.0854. The van der Waals surface area contributed by atoms with E-state index >= 15 is 0 Å². The fourth-order valence-corrected chi connectivity index (χ4v) is 9.59. The first kappa shape index (κ1) is 41.6. The number of thioether (sulfide) groups is 1. The molecule has 0 unspecified atom stereocenters. The minimum atomic E-state index is -4.27. The number of nitrogens with zero attached hydrogens (tertiary/aromatic N) is 5. The maximum atomic E-state index is 13.8. The molecule has 1 aliphatic heterocycles. The van der Waals surface area contributed by atoms with Gasteiger partial charge in [-0.05, 0) is 99.1 Å². The van der Waals surface area contributed by atoms with E-state index in [1.54, 1.807) is 18.9 Å². The summed E-state index contributed by atoms with van der Waals surface area (Å²) in [4.78, 5) is 25.7. The van der Waals surface area contributed by atoms with Gasteiger partial charge in [-0.15, -0.1) is 11.8 Å². The lowest BCUT2D eigenvalue weighted by molar-refractivity contribution is -0.384. The van der Waals surface area contributed by atoms with Crippen molar-refractivity contribution in [3.05, 3.63) is 143 Å². The van der Waals surface area contributed by atoms with Crippen molar-refractivity contribution in [2.75, 3.05) is 61.5 Å². The SMILES string of the molecule is COC1(Cc2ccccc2-c2ccccc2)CCN(c2ccc3c(NS(=O)(=O)c4ccc(N[C@H](CCN(C)C)CSc5ccccc5)c([N+](=O)[O-])c4)ncnc3c2)CC1. The molecule has 1 fully saturated rings. The zero-order valence-corrected chi connectivity index (χ0v) is 35.1. The molecule has 1 aromatic heterocycles. The average Bonchev–Trinajstić information content (AvgIpc) is 3.25. The lowest BCUT2D eigenvalue weighted by Crippen LogP contribution is -2.47. The zero-order chi connectivity index (χ0) is 41.4. The first-order chi connectivity index (χ1) is 28.5. The van der Waals surface area contributed by atoms with E-state index in [-0.39, 0.29) is 33.7 Å². The van der Waals surface area contributed by atoms with E-state index in [1.807, 2.05) is 68.7 Å². The fraction of sp³-hybridized carbons (Fsp3) is 0.289. The van der Waals surface area contributed by atoms with Gasteiger partial charge in [-0.2, -0.15) is 0 Å². The van der Waals surface area contributed by atoms with Gasteiger partial charge in [0.05, 0.1) is 20.9 Å². The molecule has 59 heavy (non-hydrogen) atoms. The molecule has 2 heterocycles. The number of fused-ring (bicyclic) bond motifs is 1. The van der Waals surface area contributed by atoms with Gasteiger partial charge in [0.25, 0.3) is 15.7 Å². The highest BCUT2D eigenvalue weighted by Crippen LogP contribution is 2.37. The van der Waals surface area contributed by atoms with Crippen molar-refractivity contribution in [3.8, 4) is 11.1 Å². The van der Waals surface area contributed by atoms with Gasteiger partial charge in [0, 0.05) is 60.5 Å². The van der Waals surface area contributed by atoms with Crippen LogP contribution in [0.5, 0.6) is 0 Å². The van der Waals surface area contributed by atoms with Gasteiger partial charge in [-0.1, -0.05) is 72.8 Å². The van der Waals surface area contributed by atoms with Crippen molar-refractivity contribution < 1.29 is 18.1 Å². The van der Waals surface area contributed by atoms with Crippen LogP contribution in [0.3, 0.4) is 0 Å². The molecule has 6 aromatic rings. The number of hydrogen-bond acceptors (Lipinski definition) is 11. The molecule has 1 atom stereocenters. The number of nitro benzene ring substituents is 1. The van der Waals surface area contributed by atoms with Crippen molar-refractivity contribution in [3.63, 3.8) is 0 Å². The summed E-state index contributed by atoms with van der Waals surface area (Å²) in [7, 11) is 1.48. The molecule has 0 spiro atoms. The van der Waals surface area contributed by atoms with Crippen LogP contribution in [0.4, 0.5) is 22.9 Å². The molecule has 306 valence electrons. The third kappa shape index (κ3) is 10.2. The summed E-state index contributed by atoms with van der Waals surface area (Å²) in [6.07, 6.45) is 4.48.